The van der Waals surface area contributed by atoms with Gasteiger partial charge in [0.05, 0.1) is 12.9 Å². The normalized spacial score (nSPS) is 11.4. The van der Waals surface area contributed by atoms with Crippen molar-refractivity contribution in [2.24, 2.45) is 0 Å². The van der Waals surface area contributed by atoms with Crippen LogP contribution in [-0.2, 0) is 11.2 Å². The third-order valence-corrected chi connectivity index (χ3v) is 3.23. The molecule has 0 radical (unpaired) electrons. The Balaban J connectivity index is 1.99. The van der Waals surface area contributed by atoms with Crippen molar-refractivity contribution in [1.82, 2.24) is 19.8 Å². The van der Waals surface area contributed by atoms with E-state index in [1.54, 1.807) is 17.9 Å². The van der Waals surface area contributed by atoms with Gasteiger partial charge in [-0.1, -0.05) is 11.3 Å². The second-order valence-electron chi connectivity index (χ2n) is 3.44. The van der Waals surface area contributed by atoms with Crippen LogP contribution in [0.2, 0.25) is 0 Å². The fourth-order valence-electron chi connectivity index (χ4n) is 1.51. The topological polar surface area (TPSA) is 65.5 Å². The molecule has 6 nitrogen and oxygen atoms in total. The third kappa shape index (κ3) is 1.83. The molecule has 0 bridgehead atoms. The molecule has 0 amide bonds. The highest BCUT2D eigenvalue weighted by atomic mass is 32.1. The van der Waals surface area contributed by atoms with Gasteiger partial charge < -0.3 is 9.15 Å². The summed E-state index contributed by atoms with van der Waals surface area (Å²) in [6.07, 6.45) is 2.32. The molecule has 0 aliphatic heterocycles. The zero-order valence-corrected chi connectivity index (χ0v) is 9.98. The number of hydrogen-bond acceptors (Lipinski definition) is 6. The zero-order chi connectivity index (χ0) is 11.7. The minimum atomic E-state index is 0.606. The summed E-state index contributed by atoms with van der Waals surface area (Å²) < 4.78 is 12.1. The Morgan fingerprint density at radius 2 is 2.41 bits per heavy atom. The SMILES string of the molecule is COCCc1nnc2sc(-c3ccco3)nn12. The van der Waals surface area contributed by atoms with E-state index in [2.05, 4.69) is 15.3 Å². The first-order valence-corrected chi connectivity index (χ1v) is 5.94. The molecule has 0 unspecified atom stereocenters. The van der Waals surface area contributed by atoms with E-state index in [1.807, 2.05) is 12.1 Å². The molecule has 3 aromatic rings. The van der Waals surface area contributed by atoms with Gasteiger partial charge in [-0.25, -0.2) is 0 Å². The Morgan fingerprint density at radius 1 is 1.47 bits per heavy atom. The molecule has 0 spiro atoms. The number of fused-ring (bicyclic) bond motifs is 1. The molecule has 0 aliphatic carbocycles. The number of aromatic nitrogens is 4. The Bertz CT molecular complexity index is 613. The van der Waals surface area contributed by atoms with Gasteiger partial charge in [-0.2, -0.15) is 4.52 Å². The van der Waals surface area contributed by atoms with Crippen molar-refractivity contribution in [3.63, 3.8) is 0 Å². The summed E-state index contributed by atoms with van der Waals surface area (Å²) in [5.41, 5.74) is 0. The van der Waals surface area contributed by atoms with E-state index in [-0.39, 0.29) is 0 Å². The molecule has 0 saturated carbocycles. The van der Waals surface area contributed by atoms with E-state index < -0.39 is 0 Å². The maximum Gasteiger partial charge on any atom is 0.235 e. The van der Waals surface area contributed by atoms with E-state index in [4.69, 9.17) is 9.15 Å². The summed E-state index contributed by atoms with van der Waals surface area (Å²) in [7, 11) is 1.66. The maximum atomic E-state index is 5.30. The average Bonchev–Trinajstić information content (AvgIpc) is 3.02. The van der Waals surface area contributed by atoms with Gasteiger partial charge in [0.1, 0.15) is 0 Å². The van der Waals surface area contributed by atoms with Gasteiger partial charge in [-0.3, -0.25) is 0 Å². The maximum absolute atomic E-state index is 5.30. The van der Waals surface area contributed by atoms with Gasteiger partial charge in [0.2, 0.25) is 4.96 Å². The van der Waals surface area contributed by atoms with Crippen molar-refractivity contribution in [2.45, 2.75) is 6.42 Å². The van der Waals surface area contributed by atoms with Crippen LogP contribution in [0.4, 0.5) is 0 Å². The first-order chi connectivity index (χ1) is 8.38. The molecule has 0 atom stereocenters. The highest BCUT2D eigenvalue weighted by molar-refractivity contribution is 7.19. The number of methoxy groups -OCH3 is 1. The van der Waals surface area contributed by atoms with Crippen molar-refractivity contribution < 1.29 is 9.15 Å². The minimum absolute atomic E-state index is 0.606. The van der Waals surface area contributed by atoms with Crippen LogP contribution in [0.3, 0.4) is 0 Å². The number of ether oxygens (including phenoxy) is 1. The van der Waals surface area contributed by atoms with E-state index >= 15 is 0 Å². The summed E-state index contributed by atoms with van der Waals surface area (Å²) in [6, 6.07) is 3.71. The van der Waals surface area contributed by atoms with Gasteiger partial charge in [0.15, 0.2) is 16.6 Å². The Morgan fingerprint density at radius 3 is 3.18 bits per heavy atom. The molecule has 3 aromatic heterocycles. The molecule has 88 valence electrons. The van der Waals surface area contributed by atoms with Crippen LogP contribution < -0.4 is 0 Å². The molecule has 7 heteroatoms. The van der Waals surface area contributed by atoms with Crippen LogP contribution in [0, 0.1) is 0 Å². The number of hydrogen-bond donors (Lipinski definition) is 0. The standard InChI is InChI=1S/C10H10N4O2S/c1-15-6-4-8-11-12-10-14(8)13-9(17-10)7-3-2-5-16-7/h2-3,5H,4,6H2,1H3. The molecule has 0 aliphatic rings. The summed E-state index contributed by atoms with van der Waals surface area (Å²) in [5, 5.41) is 13.4. The van der Waals surface area contributed by atoms with E-state index in [1.165, 1.54) is 11.3 Å². The lowest BCUT2D eigenvalue weighted by Gasteiger charge is -1.94. The molecular formula is C10H10N4O2S. The second-order valence-corrected chi connectivity index (χ2v) is 4.39. The van der Waals surface area contributed by atoms with E-state index in [0.29, 0.717) is 13.0 Å². The second kappa shape index (κ2) is 4.27. The Hall–Kier alpha value is -1.73. The molecular weight excluding hydrogens is 240 g/mol. The highest BCUT2D eigenvalue weighted by Gasteiger charge is 2.13. The van der Waals surface area contributed by atoms with E-state index in [0.717, 1.165) is 21.6 Å². The van der Waals surface area contributed by atoms with Crippen molar-refractivity contribution in [3.05, 3.63) is 24.2 Å². The van der Waals surface area contributed by atoms with Crippen LogP contribution >= 0.6 is 11.3 Å². The van der Waals surface area contributed by atoms with Crippen LogP contribution in [0.1, 0.15) is 5.82 Å². The lowest BCUT2D eigenvalue weighted by molar-refractivity contribution is 0.200. The van der Waals surface area contributed by atoms with Gasteiger partial charge in [-0.05, 0) is 12.1 Å². The van der Waals surface area contributed by atoms with E-state index in [9.17, 15) is 0 Å². The molecule has 3 heterocycles. The first-order valence-electron chi connectivity index (χ1n) is 5.12. The molecule has 3 rings (SSSR count). The largest absolute Gasteiger partial charge is 0.462 e. The van der Waals surface area contributed by atoms with Gasteiger partial charge in [-0.15, -0.1) is 15.3 Å². The third-order valence-electron chi connectivity index (χ3n) is 2.32. The van der Waals surface area contributed by atoms with Crippen molar-refractivity contribution in [2.75, 3.05) is 13.7 Å². The Labute approximate surface area is 101 Å². The molecule has 17 heavy (non-hydrogen) atoms. The number of rotatable bonds is 4. The minimum Gasteiger partial charge on any atom is -0.462 e. The molecule has 0 N–H and O–H groups in total. The average molecular weight is 250 g/mol. The van der Waals surface area contributed by atoms with Crippen molar-refractivity contribution in [3.8, 4) is 10.8 Å². The van der Waals surface area contributed by atoms with Gasteiger partial charge >= 0.3 is 0 Å². The summed E-state index contributed by atoms with van der Waals surface area (Å²) in [5.74, 6) is 1.55. The highest BCUT2D eigenvalue weighted by Crippen LogP contribution is 2.25. The van der Waals surface area contributed by atoms with Crippen LogP contribution in [0.5, 0.6) is 0 Å². The van der Waals surface area contributed by atoms with Crippen molar-refractivity contribution in [1.29, 1.82) is 0 Å². The zero-order valence-electron chi connectivity index (χ0n) is 9.16. The summed E-state index contributed by atoms with van der Waals surface area (Å²) in [4.78, 5) is 0.766. The fourth-order valence-corrected chi connectivity index (χ4v) is 2.33. The Kier molecular flexibility index (Phi) is 2.62. The summed E-state index contributed by atoms with van der Waals surface area (Å²) in [6.45, 7) is 0.606. The summed E-state index contributed by atoms with van der Waals surface area (Å²) >= 11 is 1.45. The predicted molar refractivity (Wildman–Crippen MR) is 61.9 cm³/mol. The molecule has 0 saturated heterocycles. The van der Waals surface area contributed by atoms with Crippen LogP contribution in [0.15, 0.2) is 22.8 Å². The van der Waals surface area contributed by atoms with Crippen LogP contribution in [0.25, 0.3) is 15.7 Å². The number of nitrogens with zero attached hydrogens (tertiary/aromatic N) is 4. The molecule has 0 aromatic carbocycles. The lowest BCUT2D eigenvalue weighted by atomic mass is 10.4. The fraction of sp³-hybridized carbons (Fsp3) is 0.300. The monoisotopic (exact) mass is 250 g/mol. The van der Waals surface area contributed by atoms with Gasteiger partial charge in [0, 0.05) is 13.5 Å². The first kappa shape index (κ1) is 10.4. The predicted octanol–water partition coefficient (Wildman–Crippen LogP) is 1.63. The smallest absolute Gasteiger partial charge is 0.235 e. The quantitative estimate of drug-likeness (QED) is 0.704. The molecule has 0 fully saturated rings. The lowest BCUT2D eigenvalue weighted by Crippen LogP contribution is -2.01. The van der Waals surface area contributed by atoms with Gasteiger partial charge in [0.25, 0.3) is 0 Å². The van der Waals surface area contributed by atoms with Crippen LogP contribution in [-0.4, -0.2) is 33.5 Å². The number of furan rings is 1. The van der Waals surface area contributed by atoms with Crippen molar-refractivity contribution >= 4 is 16.3 Å².